The van der Waals surface area contributed by atoms with Crippen LogP contribution in [-0.4, -0.2) is 21.3 Å². The lowest BCUT2D eigenvalue weighted by Gasteiger charge is -2.12. The molecule has 0 aliphatic carbocycles. The molecule has 22 heavy (non-hydrogen) atoms. The average molecular weight is 317 g/mol. The van der Waals surface area contributed by atoms with Crippen molar-refractivity contribution in [1.29, 1.82) is 0 Å². The van der Waals surface area contributed by atoms with E-state index in [4.69, 9.17) is 15.3 Å². The molecule has 0 aliphatic rings. The van der Waals surface area contributed by atoms with E-state index >= 15 is 0 Å². The lowest BCUT2D eigenvalue weighted by atomic mass is 10.0. The topological polar surface area (TPSA) is 60.7 Å². The van der Waals surface area contributed by atoms with Crippen molar-refractivity contribution in [3.63, 3.8) is 0 Å². The second-order valence-electron chi connectivity index (χ2n) is 6.83. The minimum Gasteiger partial charge on any atom is -0.344 e. The van der Waals surface area contributed by atoms with Crippen LogP contribution in [-0.2, 0) is 0 Å². The van der Waals surface area contributed by atoms with Gasteiger partial charge in [0.2, 0.25) is 0 Å². The fraction of sp³-hybridized carbons (Fsp3) is 1.00. The van der Waals surface area contributed by atoms with Gasteiger partial charge in [-0.15, -0.1) is 0 Å². The maximum atomic E-state index is 8.74. The SMILES string of the molecule is CCCCCCCCCCCCCCCCCCC(O)(O)O. The molecule has 0 aromatic heterocycles. The van der Waals surface area contributed by atoms with E-state index in [2.05, 4.69) is 6.92 Å². The van der Waals surface area contributed by atoms with Crippen molar-refractivity contribution < 1.29 is 15.3 Å². The predicted octanol–water partition coefficient (Wildman–Crippen LogP) is 5.27. The summed E-state index contributed by atoms with van der Waals surface area (Å²) in [6.45, 7) is 2.27. The highest BCUT2D eigenvalue weighted by Crippen LogP contribution is 2.15. The zero-order valence-electron chi connectivity index (χ0n) is 14.9. The minimum absolute atomic E-state index is 0.0610. The van der Waals surface area contributed by atoms with Crippen molar-refractivity contribution >= 4 is 0 Å². The van der Waals surface area contributed by atoms with Gasteiger partial charge >= 0.3 is 0 Å². The molecule has 0 saturated heterocycles. The lowest BCUT2D eigenvalue weighted by Crippen LogP contribution is -2.26. The molecular formula is C19H40O3. The first kappa shape index (κ1) is 21.9. The van der Waals surface area contributed by atoms with Crippen LogP contribution < -0.4 is 0 Å². The van der Waals surface area contributed by atoms with Gasteiger partial charge in [-0.25, -0.2) is 0 Å². The van der Waals surface area contributed by atoms with E-state index in [1.165, 1.54) is 83.5 Å². The average Bonchev–Trinajstić information content (AvgIpc) is 2.45. The molecule has 0 radical (unpaired) electrons. The molecule has 0 amide bonds. The maximum Gasteiger partial charge on any atom is 0.275 e. The van der Waals surface area contributed by atoms with Gasteiger partial charge in [-0.1, -0.05) is 103 Å². The fourth-order valence-electron chi connectivity index (χ4n) is 2.91. The van der Waals surface area contributed by atoms with Gasteiger partial charge in [0.1, 0.15) is 0 Å². The van der Waals surface area contributed by atoms with Gasteiger partial charge in [0, 0.05) is 6.42 Å². The van der Waals surface area contributed by atoms with E-state index in [1.807, 2.05) is 0 Å². The van der Waals surface area contributed by atoms with Gasteiger partial charge in [0.15, 0.2) is 0 Å². The summed E-state index contributed by atoms with van der Waals surface area (Å²) < 4.78 is 0. The second kappa shape index (κ2) is 15.8. The largest absolute Gasteiger partial charge is 0.344 e. The Morgan fingerprint density at radius 2 is 0.727 bits per heavy atom. The Hall–Kier alpha value is -0.120. The molecule has 0 atom stereocenters. The van der Waals surface area contributed by atoms with Gasteiger partial charge in [-0.3, -0.25) is 0 Å². The van der Waals surface area contributed by atoms with Crippen LogP contribution in [0, 0.1) is 0 Å². The molecular weight excluding hydrogens is 276 g/mol. The minimum atomic E-state index is -2.46. The van der Waals surface area contributed by atoms with Gasteiger partial charge in [-0.2, -0.15) is 0 Å². The molecule has 0 fully saturated rings. The highest BCUT2D eigenvalue weighted by molar-refractivity contribution is 4.52. The van der Waals surface area contributed by atoms with Crippen LogP contribution >= 0.6 is 0 Å². The quantitative estimate of drug-likeness (QED) is 0.253. The van der Waals surface area contributed by atoms with E-state index < -0.39 is 5.97 Å². The number of rotatable bonds is 17. The van der Waals surface area contributed by atoms with Crippen LogP contribution in [0.15, 0.2) is 0 Å². The summed E-state index contributed by atoms with van der Waals surface area (Å²) in [4.78, 5) is 0. The molecule has 0 rings (SSSR count). The zero-order valence-corrected chi connectivity index (χ0v) is 14.9. The molecule has 3 nitrogen and oxygen atoms in total. The Morgan fingerprint density at radius 3 is 1.00 bits per heavy atom. The van der Waals surface area contributed by atoms with E-state index in [9.17, 15) is 0 Å². The molecule has 0 aromatic rings. The molecule has 134 valence electrons. The zero-order chi connectivity index (χ0) is 16.5. The first-order chi connectivity index (χ1) is 10.6. The smallest absolute Gasteiger partial charge is 0.275 e. The van der Waals surface area contributed by atoms with Crippen LogP contribution in [0.1, 0.15) is 116 Å². The Morgan fingerprint density at radius 1 is 0.455 bits per heavy atom. The summed E-state index contributed by atoms with van der Waals surface area (Å²) >= 11 is 0. The molecule has 0 aromatic carbocycles. The van der Waals surface area contributed by atoms with Crippen molar-refractivity contribution in [2.45, 2.75) is 122 Å². The second-order valence-corrected chi connectivity index (χ2v) is 6.83. The standard InChI is InChI=1S/C19H40O3/c1-2-3-4-5-6-7-8-9-10-11-12-13-14-15-16-17-18-19(20,21)22/h20-22H,2-18H2,1H3. The van der Waals surface area contributed by atoms with Crippen LogP contribution in [0.4, 0.5) is 0 Å². The van der Waals surface area contributed by atoms with E-state index in [0.717, 1.165) is 12.8 Å². The number of hydrogen-bond donors (Lipinski definition) is 3. The molecule has 3 N–H and O–H groups in total. The molecule has 3 heteroatoms. The Labute approximate surface area is 138 Å². The van der Waals surface area contributed by atoms with Crippen molar-refractivity contribution in [3.8, 4) is 0 Å². The maximum absolute atomic E-state index is 8.74. The lowest BCUT2D eigenvalue weighted by molar-refractivity contribution is -0.315. The van der Waals surface area contributed by atoms with Crippen LogP contribution in [0.2, 0.25) is 0 Å². The highest BCUT2D eigenvalue weighted by atomic mass is 16.7. The number of aliphatic hydroxyl groups is 3. The van der Waals surface area contributed by atoms with E-state index in [1.54, 1.807) is 0 Å². The summed E-state index contributed by atoms with van der Waals surface area (Å²) in [6, 6.07) is 0. The molecule has 0 aliphatic heterocycles. The molecule has 0 saturated carbocycles. The molecule has 0 unspecified atom stereocenters. The monoisotopic (exact) mass is 316 g/mol. The van der Waals surface area contributed by atoms with Gasteiger partial charge in [0.25, 0.3) is 5.97 Å². The van der Waals surface area contributed by atoms with Crippen LogP contribution in [0.25, 0.3) is 0 Å². The summed E-state index contributed by atoms with van der Waals surface area (Å²) in [5.74, 6) is -2.46. The van der Waals surface area contributed by atoms with Crippen LogP contribution in [0.5, 0.6) is 0 Å². The fourth-order valence-corrected chi connectivity index (χ4v) is 2.91. The third-order valence-electron chi connectivity index (χ3n) is 4.37. The molecule has 0 bridgehead atoms. The van der Waals surface area contributed by atoms with Crippen LogP contribution in [0.3, 0.4) is 0 Å². The third kappa shape index (κ3) is 19.9. The van der Waals surface area contributed by atoms with Gasteiger partial charge in [-0.05, 0) is 6.42 Å². The van der Waals surface area contributed by atoms with Crippen molar-refractivity contribution in [1.82, 2.24) is 0 Å². The first-order valence-corrected chi connectivity index (χ1v) is 9.73. The van der Waals surface area contributed by atoms with E-state index in [-0.39, 0.29) is 6.42 Å². The molecule has 0 heterocycles. The number of hydrogen-bond acceptors (Lipinski definition) is 3. The number of unbranched alkanes of at least 4 members (excludes halogenated alkanes) is 15. The Bertz CT molecular complexity index is 211. The summed E-state index contributed by atoms with van der Waals surface area (Å²) in [5.41, 5.74) is 0. The van der Waals surface area contributed by atoms with Crippen molar-refractivity contribution in [2.75, 3.05) is 0 Å². The first-order valence-electron chi connectivity index (χ1n) is 9.73. The van der Waals surface area contributed by atoms with Gasteiger partial charge in [0.05, 0.1) is 0 Å². The Kier molecular flexibility index (Phi) is 15.7. The van der Waals surface area contributed by atoms with Crippen molar-refractivity contribution in [2.24, 2.45) is 0 Å². The summed E-state index contributed by atoms with van der Waals surface area (Å²) in [7, 11) is 0. The normalized spacial score (nSPS) is 12.0. The third-order valence-corrected chi connectivity index (χ3v) is 4.37. The van der Waals surface area contributed by atoms with Gasteiger partial charge < -0.3 is 15.3 Å². The predicted molar refractivity (Wildman–Crippen MR) is 93.6 cm³/mol. The highest BCUT2D eigenvalue weighted by Gasteiger charge is 2.16. The summed E-state index contributed by atoms with van der Waals surface area (Å²) in [6.07, 6.45) is 20.7. The van der Waals surface area contributed by atoms with Crippen molar-refractivity contribution in [3.05, 3.63) is 0 Å². The Balaban J connectivity index is 3.00. The molecule has 0 spiro atoms. The van der Waals surface area contributed by atoms with E-state index in [0.29, 0.717) is 6.42 Å². The summed E-state index contributed by atoms with van der Waals surface area (Å²) in [5, 5.41) is 26.2.